The molecule has 2 N–H and O–H groups in total. The number of nitro benzene ring substituents is 1. The fraction of sp³-hybridized carbons (Fsp3) is 0.188. The van der Waals surface area contributed by atoms with Crippen molar-refractivity contribution in [3.05, 3.63) is 68.2 Å². The molecule has 0 saturated heterocycles. The average Bonchev–Trinajstić information content (AvgIpc) is 2.52. The Kier molecular flexibility index (Phi) is 6.14. The SMILES string of the molecule is C[NH+](CC(=O)Nc1ccc([N+](=O)[O-])cc1)Cc1cccc(Cl)c1Cl. The first-order valence-electron chi connectivity index (χ1n) is 7.15. The van der Waals surface area contributed by atoms with Crippen LogP contribution in [0.25, 0.3) is 0 Å². The maximum Gasteiger partial charge on any atom is 0.279 e. The van der Waals surface area contributed by atoms with Crippen LogP contribution in [0.3, 0.4) is 0 Å². The molecular formula is C16H16Cl2N3O3+. The van der Waals surface area contributed by atoms with Crippen LogP contribution in [0.1, 0.15) is 5.56 Å². The lowest BCUT2D eigenvalue weighted by Crippen LogP contribution is -3.08. The zero-order valence-corrected chi connectivity index (χ0v) is 14.4. The molecule has 1 amide bonds. The van der Waals surface area contributed by atoms with Crippen LogP contribution in [0.2, 0.25) is 10.0 Å². The highest BCUT2D eigenvalue weighted by molar-refractivity contribution is 6.42. The van der Waals surface area contributed by atoms with Crippen molar-refractivity contribution in [1.82, 2.24) is 0 Å². The molecule has 0 bridgehead atoms. The maximum absolute atomic E-state index is 12.1. The van der Waals surface area contributed by atoms with Crippen molar-refractivity contribution >= 4 is 40.5 Å². The molecule has 8 heteroatoms. The second-order valence-corrected chi connectivity index (χ2v) is 6.16. The number of benzene rings is 2. The van der Waals surface area contributed by atoms with E-state index >= 15 is 0 Å². The summed E-state index contributed by atoms with van der Waals surface area (Å²) in [7, 11) is 1.87. The molecule has 126 valence electrons. The molecule has 0 aliphatic carbocycles. The third-order valence-electron chi connectivity index (χ3n) is 3.35. The third kappa shape index (κ3) is 4.92. The highest BCUT2D eigenvalue weighted by atomic mass is 35.5. The van der Waals surface area contributed by atoms with Gasteiger partial charge in [0.25, 0.3) is 11.6 Å². The Morgan fingerprint density at radius 2 is 1.88 bits per heavy atom. The predicted molar refractivity (Wildman–Crippen MR) is 93.6 cm³/mol. The van der Waals surface area contributed by atoms with Gasteiger partial charge in [0.2, 0.25) is 0 Å². The zero-order valence-electron chi connectivity index (χ0n) is 12.9. The number of non-ortho nitro benzene ring substituents is 1. The summed E-state index contributed by atoms with van der Waals surface area (Å²) in [5, 5.41) is 14.3. The molecule has 6 nitrogen and oxygen atoms in total. The Balaban J connectivity index is 1.91. The van der Waals surface area contributed by atoms with Gasteiger partial charge in [0.15, 0.2) is 6.54 Å². The summed E-state index contributed by atoms with van der Waals surface area (Å²) >= 11 is 12.1. The van der Waals surface area contributed by atoms with Gasteiger partial charge in [-0.15, -0.1) is 0 Å². The van der Waals surface area contributed by atoms with Gasteiger partial charge < -0.3 is 10.2 Å². The van der Waals surface area contributed by atoms with E-state index in [-0.39, 0.29) is 18.1 Å². The van der Waals surface area contributed by atoms with Crippen molar-refractivity contribution < 1.29 is 14.6 Å². The standard InChI is InChI=1S/C16H15Cl2N3O3/c1-20(9-11-3-2-4-14(17)16(11)18)10-15(22)19-12-5-7-13(8-6-12)21(23)24/h2-8H,9-10H2,1H3,(H,19,22)/p+1. The Labute approximate surface area is 149 Å². The van der Waals surface area contributed by atoms with Crippen LogP contribution < -0.4 is 10.2 Å². The number of carbonyl (C=O) groups is 1. The number of nitro groups is 1. The van der Waals surface area contributed by atoms with Crippen molar-refractivity contribution in [2.45, 2.75) is 6.54 Å². The van der Waals surface area contributed by atoms with Crippen molar-refractivity contribution in [1.29, 1.82) is 0 Å². The van der Waals surface area contributed by atoms with Crippen molar-refractivity contribution in [3.63, 3.8) is 0 Å². The fourth-order valence-corrected chi connectivity index (χ4v) is 2.61. The molecule has 0 aliphatic rings. The summed E-state index contributed by atoms with van der Waals surface area (Å²) in [5.74, 6) is -0.195. The van der Waals surface area contributed by atoms with Gasteiger partial charge in [0, 0.05) is 23.4 Å². The molecular weight excluding hydrogens is 353 g/mol. The molecule has 2 rings (SSSR count). The van der Waals surface area contributed by atoms with E-state index in [1.165, 1.54) is 24.3 Å². The Morgan fingerprint density at radius 3 is 2.50 bits per heavy atom. The van der Waals surface area contributed by atoms with Crippen molar-refractivity contribution in [3.8, 4) is 0 Å². The molecule has 1 atom stereocenters. The number of halogens is 2. The first-order valence-corrected chi connectivity index (χ1v) is 7.91. The summed E-state index contributed by atoms with van der Waals surface area (Å²) in [5.41, 5.74) is 1.36. The molecule has 0 spiro atoms. The molecule has 0 aliphatic heterocycles. The zero-order chi connectivity index (χ0) is 17.7. The number of anilines is 1. The second kappa shape index (κ2) is 8.10. The highest BCUT2D eigenvalue weighted by Crippen LogP contribution is 2.24. The fourth-order valence-electron chi connectivity index (χ4n) is 2.22. The number of quaternary nitrogens is 1. The van der Waals surface area contributed by atoms with Crippen LogP contribution in [0.15, 0.2) is 42.5 Å². The summed E-state index contributed by atoms with van der Waals surface area (Å²) < 4.78 is 0. The Morgan fingerprint density at radius 1 is 1.21 bits per heavy atom. The summed E-state index contributed by atoms with van der Waals surface area (Å²) in [4.78, 5) is 23.1. The predicted octanol–water partition coefficient (Wildman–Crippen LogP) is 2.56. The molecule has 0 heterocycles. The number of carbonyl (C=O) groups excluding carboxylic acids is 1. The van der Waals surface area contributed by atoms with Crippen molar-refractivity contribution in [2.24, 2.45) is 0 Å². The van der Waals surface area contributed by atoms with E-state index in [0.29, 0.717) is 22.3 Å². The third-order valence-corrected chi connectivity index (χ3v) is 4.21. The van der Waals surface area contributed by atoms with Gasteiger partial charge in [-0.3, -0.25) is 14.9 Å². The van der Waals surface area contributed by atoms with Crippen LogP contribution in [-0.4, -0.2) is 24.4 Å². The normalized spacial score (nSPS) is 11.8. The molecule has 0 fully saturated rings. The van der Waals surface area contributed by atoms with Gasteiger partial charge in [0.05, 0.1) is 22.0 Å². The van der Waals surface area contributed by atoms with E-state index in [2.05, 4.69) is 5.32 Å². The first kappa shape index (κ1) is 18.2. The van der Waals surface area contributed by atoms with Crippen molar-refractivity contribution in [2.75, 3.05) is 18.9 Å². The lowest BCUT2D eigenvalue weighted by molar-refractivity contribution is -0.885. The minimum atomic E-state index is -0.488. The number of hydrogen-bond acceptors (Lipinski definition) is 3. The lowest BCUT2D eigenvalue weighted by atomic mass is 10.2. The van der Waals surface area contributed by atoms with E-state index in [1.807, 2.05) is 19.2 Å². The van der Waals surface area contributed by atoms with E-state index in [0.717, 1.165) is 10.5 Å². The largest absolute Gasteiger partial charge is 0.326 e. The number of rotatable bonds is 6. The summed E-state index contributed by atoms with van der Waals surface area (Å²) in [6.07, 6.45) is 0. The van der Waals surface area contributed by atoms with Gasteiger partial charge >= 0.3 is 0 Å². The summed E-state index contributed by atoms with van der Waals surface area (Å²) in [6, 6.07) is 11.1. The topological polar surface area (TPSA) is 76.7 Å². The minimum Gasteiger partial charge on any atom is -0.326 e. The van der Waals surface area contributed by atoms with Gasteiger partial charge in [-0.2, -0.15) is 0 Å². The second-order valence-electron chi connectivity index (χ2n) is 5.38. The summed E-state index contributed by atoms with van der Waals surface area (Å²) in [6.45, 7) is 0.771. The van der Waals surface area contributed by atoms with Gasteiger partial charge in [-0.1, -0.05) is 35.3 Å². The molecule has 24 heavy (non-hydrogen) atoms. The molecule has 0 saturated carbocycles. The van der Waals surface area contributed by atoms with Crippen LogP contribution in [0.4, 0.5) is 11.4 Å². The first-order chi connectivity index (χ1) is 11.4. The van der Waals surface area contributed by atoms with Gasteiger partial charge in [-0.05, 0) is 18.2 Å². The molecule has 1 unspecified atom stereocenters. The number of likely N-dealkylation sites (N-methyl/N-ethyl adjacent to an activating group) is 1. The van der Waals surface area contributed by atoms with Crippen LogP contribution in [-0.2, 0) is 11.3 Å². The average molecular weight is 369 g/mol. The number of hydrogen-bond donors (Lipinski definition) is 2. The number of amides is 1. The Bertz CT molecular complexity index is 751. The molecule has 2 aromatic rings. The molecule has 0 aromatic heterocycles. The monoisotopic (exact) mass is 368 g/mol. The lowest BCUT2D eigenvalue weighted by Gasteiger charge is -2.15. The number of nitrogens with zero attached hydrogens (tertiary/aromatic N) is 1. The van der Waals surface area contributed by atoms with E-state index in [1.54, 1.807) is 6.07 Å². The van der Waals surface area contributed by atoms with Crippen LogP contribution in [0, 0.1) is 10.1 Å². The van der Waals surface area contributed by atoms with Gasteiger partial charge in [0.1, 0.15) is 6.54 Å². The van der Waals surface area contributed by atoms with Gasteiger partial charge in [-0.25, -0.2) is 0 Å². The molecule has 0 radical (unpaired) electrons. The van der Waals surface area contributed by atoms with Crippen LogP contribution >= 0.6 is 23.2 Å². The minimum absolute atomic E-state index is 0.0219. The Hall–Kier alpha value is -2.15. The number of nitrogens with one attached hydrogen (secondary N) is 2. The van der Waals surface area contributed by atoms with E-state index in [4.69, 9.17) is 23.2 Å². The highest BCUT2D eigenvalue weighted by Gasteiger charge is 2.14. The van der Waals surface area contributed by atoms with E-state index < -0.39 is 4.92 Å². The van der Waals surface area contributed by atoms with E-state index in [9.17, 15) is 14.9 Å². The smallest absolute Gasteiger partial charge is 0.279 e. The quantitative estimate of drug-likeness (QED) is 0.607. The van der Waals surface area contributed by atoms with Crippen LogP contribution in [0.5, 0.6) is 0 Å². The maximum atomic E-state index is 12.1. The molecule has 2 aromatic carbocycles.